The van der Waals surface area contributed by atoms with Crippen molar-refractivity contribution in [2.75, 3.05) is 11.9 Å². The predicted molar refractivity (Wildman–Crippen MR) is 57.3 cm³/mol. The quantitative estimate of drug-likeness (QED) is 0.713. The second kappa shape index (κ2) is 4.79. The minimum absolute atomic E-state index is 0.218. The van der Waals surface area contributed by atoms with Gasteiger partial charge in [0.15, 0.2) is 0 Å². The summed E-state index contributed by atoms with van der Waals surface area (Å²) < 4.78 is 24.1. The fourth-order valence-corrected chi connectivity index (χ4v) is 1.42. The van der Waals surface area contributed by atoms with Crippen LogP contribution in [0, 0.1) is 0 Å². The Morgan fingerprint density at radius 2 is 2.29 bits per heavy atom. The van der Waals surface area contributed by atoms with Crippen molar-refractivity contribution in [3.05, 3.63) is 22.2 Å². The fourth-order valence-electron chi connectivity index (χ4n) is 1.42. The lowest BCUT2D eigenvalue weighted by Crippen LogP contribution is -2.27. The summed E-state index contributed by atoms with van der Waals surface area (Å²) in [5, 5.41) is 11.5. The van der Waals surface area contributed by atoms with Crippen molar-refractivity contribution in [2.24, 2.45) is 0 Å². The number of aromatic nitrogens is 2. The normalized spacial score (nSPS) is 17.2. The van der Waals surface area contributed by atoms with Gasteiger partial charge in [0.1, 0.15) is 17.7 Å². The molecule has 0 spiro atoms. The number of rotatable bonds is 5. The van der Waals surface area contributed by atoms with Crippen LogP contribution in [0.25, 0.3) is 0 Å². The van der Waals surface area contributed by atoms with E-state index in [0.29, 0.717) is 5.82 Å². The van der Waals surface area contributed by atoms with Crippen LogP contribution in [0.4, 0.5) is 14.6 Å². The molecule has 0 bridgehead atoms. The van der Waals surface area contributed by atoms with E-state index in [4.69, 9.17) is 5.11 Å². The van der Waals surface area contributed by atoms with Gasteiger partial charge in [-0.3, -0.25) is 4.79 Å². The number of hydrogen-bond donors (Lipinski definition) is 3. The van der Waals surface area contributed by atoms with E-state index in [9.17, 15) is 13.6 Å². The maximum Gasteiger partial charge on any atom is 0.265 e. The highest BCUT2D eigenvalue weighted by molar-refractivity contribution is 5.34. The summed E-state index contributed by atoms with van der Waals surface area (Å²) in [6.07, 6.45) is -2.62. The molecule has 0 amide bonds. The first-order valence-electron chi connectivity index (χ1n) is 5.37. The number of nitrogens with zero attached hydrogens (tertiary/aromatic N) is 1. The van der Waals surface area contributed by atoms with E-state index < -0.39 is 12.5 Å². The van der Waals surface area contributed by atoms with Crippen LogP contribution >= 0.6 is 0 Å². The molecule has 2 rings (SSSR count). The largest absolute Gasteiger partial charge is 0.385 e. The van der Waals surface area contributed by atoms with Gasteiger partial charge >= 0.3 is 0 Å². The van der Waals surface area contributed by atoms with E-state index >= 15 is 0 Å². The van der Waals surface area contributed by atoms with Gasteiger partial charge in [0.05, 0.1) is 0 Å². The zero-order valence-electron chi connectivity index (χ0n) is 8.99. The lowest BCUT2D eigenvalue weighted by Gasteiger charge is -2.11. The molecule has 0 aliphatic heterocycles. The van der Waals surface area contributed by atoms with Crippen molar-refractivity contribution in [3.8, 4) is 0 Å². The van der Waals surface area contributed by atoms with Crippen molar-refractivity contribution in [1.82, 2.24) is 9.97 Å². The van der Waals surface area contributed by atoms with E-state index in [1.165, 1.54) is 6.07 Å². The van der Waals surface area contributed by atoms with Gasteiger partial charge in [-0.25, -0.2) is 13.8 Å². The lowest BCUT2D eigenvalue weighted by atomic mass is 10.3. The van der Waals surface area contributed by atoms with Gasteiger partial charge in [-0.05, 0) is 12.8 Å². The topological polar surface area (TPSA) is 78.0 Å². The first-order valence-corrected chi connectivity index (χ1v) is 5.37. The molecule has 3 N–H and O–H groups in total. The Labute approximate surface area is 95.9 Å². The third-order valence-corrected chi connectivity index (χ3v) is 2.51. The Morgan fingerprint density at radius 1 is 1.59 bits per heavy atom. The van der Waals surface area contributed by atoms with Gasteiger partial charge in [0.2, 0.25) is 0 Å². The smallest absolute Gasteiger partial charge is 0.265 e. The molecule has 1 unspecified atom stereocenters. The maximum absolute atomic E-state index is 12.0. The lowest BCUT2D eigenvalue weighted by molar-refractivity contribution is 0.00380. The van der Waals surface area contributed by atoms with E-state index in [-0.39, 0.29) is 23.8 Å². The second-order valence-corrected chi connectivity index (χ2v) is 4.07. The molecule has 1 aromatic rings. The second-order valence-electron chi connectivity index (χ2n) is 4.07. The number of H-pyrrole nitrogens is 1. The predicted octanol–water partition coefficient (Wildman–Crippen LogP) is 0.685. The third-order valence-electron chi connectivity index (χ3n) is 2.51. The third kappa shape index (κ3) is 3.23. The summed E-state index contributed by atoms with van der Waals surface area (Å²) in [5.74, 6) is 1.06. The highest BCUT2D eigenvalue weighted by atomic mass is 19.3. The first kappa shape index (κ1) is 12.0. The molecule has 94 valence electrons. The fraction of sp³-hybridized carbons (Fsp3) is 0.600. The van der Waals surface area contributed by atoms with Gasteiger partial charge in [0.25, 0.3) is 12.0 Å². The van der Waals surface area contributed by atoms with E-state index in [1.807, 2.05) is 0 Å². The molecule has 1 heterocycles. The number of aromatic amines is 1. The van der Waals surface area contributed by atoms with Gasteiger partial charge in [0, 0.05) is 18.5 Å². The molecule has 0 radical (unpaired) electrons. The summed E-state index contributed by atoms with van der Waals surface area (Å²) in [7, 11) is 0. The molecule has 1 atom stereocenters. The van der Waals surface area contributed by atoms with Gasteiger partial charge < -0.3 is 15.4 Å². The number of aliphatic hydroxyl groups excluding tert-OH is 1. The van der Waals surface area contributed by atoms with Crippen molar-refractivity contribution in [3.63, 3.8) is 0 Å². The monoisotopic (exact) mass is 245 g/mol. The van der Waals surface area contributed by atoms with Crippen LogP contribution in [-0.4, -0.2) is 34.1 Å². The number of aliphatic hydroxyl groups is 1. The highest BCUT2D eigenvalue weighted by Crippen LogP contribution is 2.37. The van der Waals surface area contributed by atoms with Crippen LogP contribution in [0.1, 0.15) is 24.6 Å². The number of halogens is 2. The summed E-state index contributed by atoms with van der Waals surface area (Å²) >= 11 is 0. The van der Waals surface area contributed by atoms with Gasteiger partial charge in [-0.2, -0.15) is 0 Å². The average Bonchev–Trinajstić information content (AvgIpc) is 3.08. The van der Waals surface area contributed by atoms with Crippen molar-refractivity contribution in [1.29, 1.82) is 0 Å². The van der Waals surface area contributed by atoms with E-state index in [1.54, 1.807) is 0 Å². The summed E-state index contributed by atoms with van der Waals surface area (Å²) in [6.45, 7) is -0.335. The van der Waals surface area contributed by atoms with Crippen LogP contribution in [0.5, 0.6) is 0 Å². The molecule has 1 aromatic heterocycles. The van der Waals surface area contributed by atoms with Crippen molar-refractivity contribution in [2.45, 2.75) is 31.3 Å². The summed E-state index contributed by atoms with van der Waals surface area (Å²) in [5.41, 5.74) is -0.323. The number of nitrogens with one attached hydrogen (secondary N) is 2. The number of anilines is 1. The molecule has 7 heteroatoms. The van der Waals surface area contributed by atoms with Crippen LogP contribution in [0.15, 0.2) is 10.9 Å². The summed E-state index contributed by atoms with van der Waals surface area (Å²) in [4.78, 5) is 18.0. The SMILES string of the molecule is O=c1cc(NCC(O)C(F)F)nc(C2CC2)[nH]1. The molecule has 0 saturated heterocycles. The minimum atomic E-state index is -2.81. The van der Waals surface area contributed by atoms with Crippen molar-refractivity contribution < 1.29 is 13.9 Å². The average molecular weight is 245 g/mol. The minimum Gasteiger partial charge on any atom is -0.385 e. The molecule has 1 fully saturated rings. The van der Waals surface area contributed by atoms with Crippen LogP contribution < -0.4 is 10.9 Å². The zero-order valence-corrected chi connectivity index (χ0v) is 8.99. The highest BCUT2D eigenvalue weighted by Gasteiger charge is 2.26. The number of hydrogen-bond acceptors (Lipinski definition) is 4. The molecule has 1 aliphatic rings. The first-order chi connectivity index (χ1) is 8.06. The molecule has 5 nitrogen and oxygen atoms in total. The van der Waals surface area contributed by atoms with E-state index in [0.717, 1.165) is 12.8 Å². The molecule has 1 saturated carbocycles. The molecular formula is C10H13F2N3O2. The number of alkyl halides is 2. The van der Waals surface area contributed by atoms with Crippen LogP contribution in [0.2, 0.25) is 0 Å². The van der Waals surface area contributed by atoms with Gasteiger partial charge in [-0.1, -0.05) is 0 Å². The molecule has 17 heavy (non-hydrogen) atoms. The summed E-state index contributed by atoms with van der Waals surface area (Å²) in [6, 6.07) is 1.18. The Bertz CT molecular complexity index is 445. The Morgan fingerprint density at radius 3 is 2.88 bits per heavy atom. The van der Waals surface area contributed by atoms with E-state index in [2.05, 4.69) is 15.3 Å². The Balaban J connectivity index is 2.02. The van der Waals surface area contributed by atoms with Gasteiger partial charge in [-0.15, -0.1) is 0 Å². The van der Waals surface area contributed by atoms with Crippen molar-refractivity contribution >= 4 is 5.82 Å². The Hall–Kier alpha value is -1.50. The zero-order chi connectivity index (χ0) is 12.4. The molecular weight excluding hydrogens is 232 g/mol. The Kier molecular flexibility index (Phi) is 3.37. The standard InChI is InChI=1S/C10H13F2N3O2/c11-9(12)6(16)4-13-7-3-8(17)15-10(14-7)5-1-2-5/h3,5-6,9,16H,1-2,4H2,(H2,13,14,15,17). The van der Waals surface area contributed by atoms with Crippen LogP contribution in [-0.2, 0) is 0 Å². The maximum atomic E-state index is 12.0. The molecule has 0 aromatic carbocycles. The van der Waals surface area contributed by atoms with Crippen LogP contribution in [0.3, 0.4) is 0 Å². The molecule has 1 aliphatic carbocycles.